The molecule has 2 unspecified atom stereocenters. The molecule has 1 heterocycles. The third-order valence-corrected chi connectivity index (χ3v) is 4.25. The highest BCUT2D eigenvalue weighted by atomic mass is 35.5. The van der Waals surface area contributed by atoms with E-state index < -0.39 is 0 Å². The summed E-state index contributed by atoms with van der Waals surface area (Å²) in [5, 5.41) is 4.04. The van der Waals surface area contributed by atoms with E-state index in [-0.39, 0.29) is 30.7 Å². The van der Waals surface area contributed by atoms with Crippen LogP contribution in [0.1, 0.15) is 36.0 Å². The van der Waals surface area contributed by atoms with E-state index in [1.54, 1.807) is 6.20 Å². The quantitative estimate of drug-likeness (QED) is 0.887. The van der Waals surface area contributed by atoms with Crippen molar-refractivity contribution in [2.45, 2.75) is 31.7 Å². The predicted molar refractivity (Wildman–Crippen MR) is 98.5 cm³/mol. The Bertz CT molecular complexity index is 645. The number of benzene rings is 1. The number of nitrogens with zero attached hydrogens (tertiary/aromatic N) is 1. The Labute approximate surface area is 149 Å². The van der Waals surface area contributed by atoms with Gasteiger partial charge in [-0.2, -0.15) is 0 Å². The maximum absolute atomic E-state index is 12.4. The molecule has 0 radical (unpaired) electrons. The molecule has 3 rings (SSSR count). The topological polar surface area (TPSA) is 68.0 Å². The molecule has 1 aliphatic carbocycles. The Balaban J connectivity index is 0.00000132. The summed E-state index contributed by atoms with van der Waals surface area (Å²) in [6.07, 6.45) is 6.16. The third kappa shape index (κ3) is 4.80. The molecule has 1 saturated carbocycles. The number of nitrogens with two attached hydrogens (primary N) is 1. The molecule has 3 N–H and O–H groups in total. The molecule has 126 valence electrons. The standard InChI is InChI=1S/C17H21N3O.2ClH/c18-14-7-1-4-12(10-14)11-20-17(21)15-8-2-5-13-6-3-9-19-16(13)15;;/h2-3,5-6,8-9,12,14H,1,4,7,10-11,18H2,(H,20,21);2*1H. The normalized spacial score (nSPS) is 20.2. The number of amides is 1. The third-order valence-electron chi connectivity index (χ3n) is 4.25. The van der Waals surface area contributed by atoms with Gasteiger partial charge in [-0.15, -0.1) is 24.8 Å². The van der Waals surface area contributed by atoms with Crippen molar-refractivity contribution >= 4 is 41.6 Å². The van der Waals surface area contributed by atoms with Gasteiger partial charge >= 0.3 is 0 Å². The number of nitrogens with one attached hydrogen (secondary N) is 1. The van der Waals surface area contributed by atoms with Crippen molar-refractivity contribution in [2.24, 2.45) is 11.7 Å². The highest BCUT2D eigenvalue weighted by molar-refractivity contribution is 6.05. The Hall–Kier alpha value is -1.36. The SMILES string of the molecule is Cl.Cl.NC1CCCC(CNC(=O)c2cccc3cccnc23)C1. The maximum atomic E-state index is 12.4. The second-order valence-corrected chi connectivity index (χ2v) is 5.88. The van der Waals surface area contributed by atoms with E-state index in [0.717, 1.165) is 36.6 Å². The fourth-order valence-electron chi connectivity index (χ4n) is 3.14. The fourth-order valence-corrected chi connectivity index (χ4v) is 3.14. The molecule has 1 aromatic heterocycles. The summed E-state index contributed by atoms with van der Waals surface area (Å²) in [5.41, 5.74) is 7.40. The van der Waals surface area contributed by atoms with Crippen LogP contribution in [-0.4, -0.2) is 23.5 Å². The van der Waals surface area contributed by atoms with Crippen LogP contribution in [0.3, 0.4) is 0 Å². The smallest absolute Gasteiger partial charge is 0.253 e. The van der Waals surface area contributed by atoms with E-state index in [1.807, 2.05) is 30.3 Å². The number of aromatic nitrogens is 1. The molecule has 2 atom stereocenters. The van der Waals surface area contributed by atoms with Crippen LogP contribution in [-0.2, 0) is 0 Å². The summed E-state index contributed by atoms with van der Waals surface area (Å²) in [5.74, 6) is 0.457. The van der Waals surface area contributed by atoms with E-state index in [2.05, 4.69) is 10.3 Å². The first kappa shape index (κ1) is 19.7. The molecule has 2 aromatic rings. The number of carbonyl (C=O) groups excluding carboxylic acids is 1. The number of hydrogen-bond acceptors (Lipinski definition) is 3. The Morgan fingerprint density at radius 3 is 2.78 bits per heavy atom. The second-order valence-electron chi connectivity index (χ2n) is 5.88. The van der Waals surface area contributed by atoms with Crippen molar-refractivity contribution in [1.82, 2.24) is 10.3 Å². The molecule has 1 aliphatic rings. The van der Waals surface area contributed by atoms with Gasteiger partial charge in [-0.25, -0.2) is 0 Å². The van der Waals surface area contributed by atoms with Gasteiger partial charge < -0.3 is 11.1 Å². The van der Waals surface area contributed by atoms with Crippen LogP contribution in [0, 0.1) is 5.92 Å². The summed E-state index contributed by atoms with van der Waals surface area (Å²) in [6.45, 7) is 0.704. The second kappa shape index (κ2) is 9.06. The molecule has 0 saturated heterocycles. The minimum Gasteiger partial charge on any atom is -0.352 e. The summed E-state index contributed by atoms with van der Waals surface area (Å²) in [6, 6.07) is 9.85. The lowest BCUT2D eigenvalue weighted by molar-refractivity contribution is 0.0944. The minimum atomic E-state index is -0.0431. The monoisotopic (exact) mass is 355 g/mol. The molecular formula is C17H23Cl2N3O. The molecule has 4 nitrogen and oxygen atoms in total. The van der Waals surface area contributed by atoms with Crippen LogP contribution in [0.25, 0.3) is 10.9 Å². The minimum absolute atomic E-state index is 0. The number of para-hydroxylation sites is 1. The lowest BCUT2D eigenvalue weighted by atomic mass is 9.86. The van der Waals surface area contributed by atoms with Gasteiger partial charge in [-0.05, 0) is 37.3 Å². The number of hydrogen-bond donors (Lipinski definition) is 2. The number of fused-ring (bicyclic) bond motifs is 1. The highest BCUT2D eigenvalue weighted by Crippen LogP contribution is 2.22. The van der Waals surface area contributed by atoms with E-state index in [4.69, 9.17) is 5.73 Å². The van der Waals surface area contributed by atoms with Gasteiger partial charge in [0.25, 0.3) is 5.91 Å². The van der Waals surface area contributed by atoms with Gasteiger partial charge in [0.05, 0.1) is 11.1 Å². The Morgan fingerprint density at radius 2 is 2.00 bits per heavy atom. The van der Waals surface area contributed by atoms with Crippen molar-refractivity contribution < 1.29 is 4.79 Å². The summed E-state index contributed by atoms with van der Waals surface area (Å²) in [7, 11) is 0. The van der Waals surface area contributed by atoms with Gasteiger partial charge in [0.15, 0.2) is 0 Å². The van der Waals surface area contributed by atoms with Gasteiger partial charge in [-0.1, -0.05) is 24.6 Å². The largest absolute Gasteiger partial charge is 0.352 e. The average Bonchev–Trinajstić information content (AvgIpc) is 2.52. The van der Waals surface area contributed by atoms with Crippen LogP contribution < -0.4 is 11.1 Å². The van der Waals surface area contributed by atoms with E-state index in [1.165, 1.54) is 0 Å². The van der Waals surface area contributed by atoms with Gasteiger partial charge in [0.2, 0.25) is 0 Å². The number of carbonyl (C=O) groups is 1. The Morgan fingerprint density at radius 1 is 1.22 bits per heavy atom. The van der Waals surface area contributed by atoms with Crippen LogP contribution >= 0.6 is 24.8 Å². The van der Waals surface area contributed by atoms with Crippen LogP contribution in [0.5, 0.6) is 0 Å². The van der Waals surface area contributed by atoms with Crippen LogP contribution in [0.2, 0.25) is 0 Å². The van der Waals surface area contributed by atoms with Crippen molar-refractivity contribution in [3.8, 4) is 0 Å². The number of pyridine rings is 1. The first-order chi connectivity index (χ1) is 10.2. The van der Waals surface area contributed by atoms with Crippen molar-refractivity contribution in [3.05, 3.63) is 42.1 Å². The Kier molecular flexibility index (Phi) is 7.76. The lowest BCUT2D eigenvalue weighted by Crippen LogP contribution is -2.35. The van der Waals surface area contributed by atoms with Gasteiger partial charge in [-0.3, -0.25) is 9.78 Å². The molecular weight excluding hydrogens is 333 g/mol. The van der Waals surface area contributed by atoms with Crippen molar-refractivity contribution in [1.29, 1.82) is 0 Å². The number of rotatable bonds is 3. The molecule has 1 fully saturated rings. The van der Waals surface area contributed by atoms with Gasteiger partial charge in [0.1, 0.15) is 0 Å². The zero-order chi connectivity index (χ0) is 14.7. The summed E-state index contributed by atoms with van der Waals surface area (Å²) in [4.78, 5) is 16.7. The molecule has 23 heavy (non-hydrogen) atoms. The first-order valence-corrected chi connectivity index (χ1v) is 7.61. The molecule has 0 bridgehead atoms. The predicted octanol–water partition coefficient (Wildman–Crippen LogP) is 3.33. The summed E-state index contributed by atoms with van der Waals surface area (Å²) >= 11 is 0. The molecule has 6 heteroatoms. The summed E-state index contributed by atoms with van der Waals surface area (Å²) < 4.78 is 0. The molecule has 1 aromatic carbocycles. The lowest BCUT2D eigenvalue weighted by Gasteiger charge is -2.26. The zero-order valence-corrected chi connectivity index (χ0v) is 14.5. The van der Waals surface area contributed by atoms with E-state index in [9.17, 15) is 4.79 Å². The fraction of sp³-hybridized carbons (Fsp3) is 0.412. The highest BCUT2D eigenvalue weighted by Gasteiger charge is 2.20. The van der Waals surface area contributed by atoms with E-state index in [0.29, 0.717) is 24.1 Å². The first-order valence-electron chi connectivity index (χ1n) is 7.61. The molecule has 0 aliphatic heterocycles. The average molecular weight is 356 g/mol. The van der Waals surface area contributed by atoms with Crippen molar-refractivity contribution in [3.63, 3.8) is 0 Å². The van der Waals surface area contributed by atoms with Gasteiger partial charge in [0, 0.05) is 24.2 Å². The molecule has 1 amide bonds. The van der Waals surface area contributed by atoms with Crippen LogP contribution in [0.15, 0.2) is 36.5 Å². The van der Waals surface area contributed by atoms with E-state index >= 15 is 0 Å². The maximum Gasteiger partial charge on any atom is 0.253 e. The number of halogens is 2. The molecule has 0 spiro atoms. The van der Waals surface area contributed by atoms with Crippen molar-refractivity contribution in [2.75, 3.05) is 6.54 Å². The zero-order valence-electron chi connectivity index (χ0n) is 12.9. The van der Waals surface area contributed by atoms with Crippen LogP contribution in [0.4, 0.5) is 0 Å².